The molecule has 72 valence electrons. The lowest BCUT2D eigenvalue weighted by molar-refractivity contribution is -0.272. The fourth-order valence-corrected chi connectivity index (χ4v) is 0.647. The minimum atomic E-state index is -5.55. The van der Waals surface area contributed by atoms with Crippen LogP contribution < -0.4 is 0 Å². The third-order valence-corrected chi connectivity index (χ3v) is 1.06. The van der Waals surface area contributed by atoms with Crippen LogP contribution in [0.1, 0.15) is 6.92 Å². The zero-order valence-electron chi connectivity index (χ0n) is 5.75. The molecule has 0 aromatic rings. The van der Waals surface area contributed by atoms with Crippen LogP contribution in [0.5, 0.6) is 0 Å². The molecule has 7 heteroatoms. The SMILES string of the molecule is CC(=O)C(C(F)(F)F)C(F)(F)F. The van der Waals surface area contributed by atoms with Crippen LogP contribution in [0.25, 0.3) is 0 Å². The van der Waals surface area contributed by atoms with Gasteiger partial charge in [-0.15, -0.1) is 0 Å². The molecule has 0 fully saturated rings. The van der Waals surface area contributed by atoms with Crippen LogP contribution in [-0.2, 0) is 4.79 Å². The summed E-state index contributed by atoms with van der Waals surface area (Å²) < 4.78 is 69.2. The fraction of sp³-hybridized carbons (Fsp3) is 0.800. The molecule has 0 radical (unpaired) electrons. The molecular weight excluding hydrogens is 190 g/mol. The Balaban J connectivity index is 4.82. The molecule has 0 aliphatic carbocycles. The first-order valence-electron chi connectivity index (χ1n) is 2.70. The highest BCUT2D eigenvalue weighted by molar-refractivity contribution is 5.79. The van der Waals surface area contributed by atoms with Gasteiger partial charge in [-0.2, -0.15) is 26.3 Å². The number of alkyl halides is 6. The topological polar surface area (TPSA) is 17.1 Å². The number of hydrogen-bond acceptors (Lipinski definition) is 1. The van der Waals surface area contributed by atoms with Gasteiger partial charge in [-0.25, -0.2) is 0 Å². The summed E-state index contributed by atoms with van der Waals surface area (Å²) in [7, 11) is 0. The predicted octanol–water partition coefficient (Wildman–Crippen LogP) is 2.32. The Hall–Kier alpha value is -0.750. The van der Waals surface area contributed by atoms with Crippen molar-refractivity contribution in [3.63, 3.8) is 0 Å². The van der Waals surface area contributed by atoms with E-state index in [1.54, 1.807) is 0 Å². The number of hydrogen-bond donors (Lipinski definition) is 0. The summed E-state index contributed by atoms with van der Waals surface area (Å²) in [6.07, 6.45) is -11.1. The van der Waals surface area contributed by atoms with Gasteiger partial charge in [0.15, 0.2) is 5.78 Å². The number of carbonyl (C=O) groups is 1. The van der Waals surface area contributed by atoms with E-state index in [2.05, 4.69) is 0 Å². The first-order valence-corrected chi connectivity index (χ1v) is 2.70. The fourth-order valence-electron chi connectivity index (χ4n) is 0.647. The van der Waals surface area contributed by atoms with Gasteiger partial charge < -0.3 is 0 Å². The van der Waals surface area contributed by atoms with Crippen LogP contribution in [0.15, 0.2) is 0 Å². The van der Waals surface area contributed by atoms with Crippen LogP contribution in [0.2, 0.25) is 0 Å². The molecule has 0 spiro atoms. The first-order chi connectivity index (χ1) is 5.07. The Morgan fingerprint density at radius 3 is 1.25 bits per heavy atom. The second-order valence-electron chi connectivity index (χ2n) is 2.13. The third-order valence-electron chi connectivity index (χ3n) is 1.06. The van der Waals surface area contributed by atoms with Gasteiger partial charge in [0.1, 0.15) is 0 Å². The molecule has 0 aromatic carbocycles. The molecule has 0 rings (SSSR count). The van der Waals surface area contributed by atoms with Crippen molar-refractivity contribution >= 4 is 5.78 Å². The number of Topliss-reactive ketones (excluding diaryl/α,β-unsaturated/α-hetero) is 1. The van der Waals surface area contributed by atoms with E-state index in [0.29, 0.717) is 0 Å². The third kappa shape index (κ3) is 2.71. The molecular formula is C5H4F6O. The van der Waals surface area contributed by atoms with E-state index in [0.717, 1.165) is 0 Å². The van der Waals surface area contributed by atoms with Gasteiger partial charge in [0, 0.05) is 0 Å². The van der Waals surface area contributed by atoms with Crippen molar-refractivity contribution < 1.29 is 31.1 Å². The van der Waals surface area contributed by atoms with E-state index >= 15 is 0 Å². The Bertz CT molecular complexity index is 163. The van der Waals surface area contributed by atoms with Gasteiger partial charge in [-0.1, -0.05) is 0 Å². The molecule has 12 heavy (non-hydrogen) atoms. The minimum Gasteiger partial charge on any atom is -0.299 e. The summed E-state index contributed by atoms with van der Waals surface area (Å²) in [6, 6.07) is 0. The maximum Gasteiger partial charge on any atom is 0.407 e. The number of ketones is 1. The largest absolute Gasteiger partial charge is 0.407 e. The lowest BCUT2D eigenvalue weighted by Crippen LogP contribution is -2.41. The summed E-state index contributed by atoms with van der Waals surface area (Å²) in [5.74, 6) is -5.81. The van der Waals surface area contributed by atoms with Crippen LogP contribution in [0.3, 0.4) is 0 Å². The second-order valence-corrected chi connectivity index (χ2v) is 2.13. The monoisotopic (exact) mass is 194 g/mol. The highest BCUT2D eigenvalue weighted by atomic mass is 19.4. The van der Waals surface area contributed by atoms with Gasteiger partial charge in [0.25, 0.3) is 0 Å². The summed E-state index contributed by atoms with van der Waals surface area (Å²) in [5, 5.41) is 0. The van der Waals surface area contributed by atoms with E-state index in [4.69, 9.17) is 0 Å². The lowest BCUT2D eigenvalue weighted by Gasteiger charge is -2.19. The molecule has 0 amide bonds. The van der Waals surface area contributed by atoms with Crippen molar-refractivity contribution in [2.75, 3.05) is 0 Å². The predicted molar refractivity (Wildman–Crippen MR) is 26.3 cm³/mol. The van der Waals surface area contributed by atoms with E-state index < -0.39 is 24.1 Å². The zero-order valence-corrected chi connectivity index (χ0v) is 5.75. The molecule has 0 saturated heterocycles. The van der Waals surface area contributed by atoms with E-state index in [-0.39, 0.29) is 6.92 Å². The Morgan fingerprint density at radius 1 is 1.00 bits per heavy atom. The van der Waals surface area contributed by atoms with Gasteiger partial charge in [-0.3, -0.25) is 4.79 Å². The summed E-state index contributed by atoms with van der Waals surface area (Å²) in [6.45, 7) is 0.256. The highest BCUT2D eigenvalue weighted by Gasteiger charge is 2.59. The standard InChI is InChI=1S/C5H4F6O/c1-2(12)3(4(6,7)8)5(9,10)11/h3H,1H3. The average molecular weight is 194 g/mol. The Labute approximate surface area is 63.4 Å². The molecule has 0 atom stereocenters. The molecule has 0 aliphatic rings. The van der Waals surface area contributed by atoms with Crippen molar-refractivity contribution in [3.05, 3.63) is 0 Å². The molecule has 0 aliphatic heterocycles. The van der Waals surface area contributed by atoms with E-state index in [1.165, 1.54) is 0 Å². The van der Waals surface area contributed by atoms with Crippen molar-refractivity contribution in [1.82, 2.24) is 0 Å². The highest BCUT2D eigenvalue weighted by Crippen LogP contribution is 2.39. The maximum atomic E-state index is 11.5. The van der Waals surface area contributed by atoms with Crippen molar-refractivity contribution in [3.8, 4) is 0 Å². The maximum absolute atomic E-state index is 11.5. The van der Waals surface area contributed by atoms with Crippen LogP contribution in [-0.4, -0.2) is 18.1 Å². The van der Waals surface area contributed by atoms with Crippen LogP contribution in [0, 0.1) is 5.92 Å². The molecule has 0 heterocycles. The Morgan fingerprint density at radius 2 is 1.25 bits per heavy atom. The van der Waals surface area contributed by atoms with E-state index in [9.17, 15) is 31.1 Å². The zero-order chi connectivity index (χ0) is 10.2. The van der Waals surface area contributed by atoms with Crippen molar-refractivity contribution in [2.45, 2.75) is 19.3 Å². The number of rotatable bonds is 1. The number of carbonyl (C=O) groups excluding carboxylic acids is 1. The Kier molecular flexibility index (Phi) is 2.76. The molecule has 0 bridgehead atoms. The van der Waals surface area contributed by atoms with Gasteiger partial charge in [0.2, 0.25) is 5.92 Å². The van der Waals surface area contributed by atoms with Crippen LogP contribution in [0.4, 0.5) is 26.3 Å². The van der Waals surface area contributed by atoms with E-state index in [1.807, 2.05) is 0 Å². The minimum absolute atomic E-state index is 0.256. The first kappa shape index (κ1) is 11.2. The van der Waals surface area contributed by atoms with Crippen molar-refractivity contribution in [2.24, 2.45) is 5.92 Å². The lowest BCUT2D eigenvalue weighted by atomic mass is 10.1. The normalized spacial score (nSPS) is 13.7. The van der Waals surface area contributed by atoms with Gasteiger partial charge in [-0.05, 0) is 6.92 Å². The number of halogens is 6. The summed E-state index contributed by atoms with van der Waals surface area (Å²) in [5.41, 5.74) is 0. The molecule has 0 saturated carbocycles. The van der Waals surface area contributed by atoms with Gasteiger partial charge >= 0.3 is 12.4 Å². The molecule has 0 unspecified atom stereocenters. The summed E-state index contributed by atoms with van der Waals surface area (Å²) in [4.78, 5) is 10.00. The van der Waals surface area contributed by atoms with Crippen LogP contribution >= 0.6 is 0 Å². The summed E-state index contributed by atoms with van der Waals surface area (Å²) >= 11 is 0. The van der Waals surface area contributed by atoms with Gasteiger partial charge in [0.05, 0.1) is 0 Å². The quantitative estimate of drug-likeness (QED) is 0.585. The molecule has 1 nitrogen and oxygen atoms in total. The average Bonchev–Trinajstić information content (AvgIpc) is 1.49. The second kappa shape index (κ2) is 2.95. The molecule has 0 aromatic heterocycles. The van der Waals surface area contributed by atoms with Crippen molar-refractivity contribution in [1.29, 1.82) is 0 Å². The smallest absolute Gasteiger partial charge is 0.299 e. The molecule has 0 N–H and O–H groups in total.